The number of hydrogen-bond acceptors (Lipinski definition) is 4. The predicted molar refractivity (Wildman–Crippen MR) is 59.5 cm³/mol. The van der Waals surface area contributed by atoms with Crippen LogP contribution in [0.4, 0.5) is 0 Å². The molecule has 2 rings (SSSR count). The van der Waals surface area contributed by atoms with Crippen LogP contribution in [0.2, 0.25) is 0 Å². The van der Waals surface area contributed by atoms with Crippen LogP contribution in [0.3, 0.4) is 0 Å². The van der Waals surface area contributed by atoms with E-state index >= 15 is 0 Å². The number of aromatic nitrogens is 2. The Bertz CT molecular complexity index is 379. The topological polar surface area (TPSA) is 78.1 Å². The number of carbonyl (C=O) groups excluding carboxylic acids is 2. The fourth-order valence-corrected chi connectivity index (χ4v) is 2.25. The molecule has 1 aromatic heterocycles. The zero-order valence-corrected chi connectivity index (χ0v) is 9.42. The molecule has 0 bridgehead atoms. The van der Waals surface area contributed by atoms with Crippen molar-refractivity contribution >= 4 is 23.6 Å². The van der Waals surface area contributed by atoms with Crippen molar-refractivity contribution in [2.45, 2.75) is 6.54 Å². The van der Waals surface area contributed by atoms with Crippen LogP contribution in [0, 0.1) is 0 Å². The lowest BCUT2D eigenvalue weighted by Crippen LogP contribution is -2.37. The average Bonchev–Trinajstić information content (AvgIpc) is 2.88. The summed E-state index contributed by atoms with van der Waals surface area (Å²) in [7, 11) is 0. The first kappa shape index (κ1) is 11.0. The molecule has 0 radical (unpaired) electrons. The molecule has 0 saturated carbocycles. The number of nitrogens with zero attached hydrogens (tertiary/aromatic N) is 2. The SMILES string of the molecule is O=C(CN1CSCC1=O)NCc1cnc[nH]1. The van der Waals surface area contributed by atoms with Gasteiger partial charge in [0.05, 0.1) is 30.2 Å². The molecule has 2 heterocycles. The van der Waals surface area contributed by atoms with Crippen molar-refractivity contribution in [3.8, 4) is 0 Å². The van der Waals surface area contributed by atoms with Crippen molar-refractivity contribution in [3.05, 3.63) is 18.2 Å². The number of amides is 2. The number of thioether (sulfide) groups is 1. The van der Waals surface area contributed by atoms with E-state index in [0.29, 0.717) is 18.2 Å². The Morgan fingerprint density at radius 2 is 2.56 bits per heavy atom. The molecular weight excluding hydrogens is 228 g/mol. The van der Waals surface area contributed by atoms with Crippen LogP contribution in [0.25, 0.3) is 0 Å². The highest BCUT2D eigenvalue weighted by molar-refractivity contribution is 8.00. The highest BCUT2D eigenvalue weighted by Crippen LogP contribution is 2.13. The van der Waals surface area contributed by atoms with E-state index in [9.17, 15) is 9.59 Å². The molecule has 1 aliphatic rings. The first-order valence-electron chi connectivity index (χ1n) is 4.85. The third kappa shape index (κ3) is 2.75. The molecule has 6 nitrogen and oxygen atoms in total. The number of imidazole rings is 1. The fourth-order valence-electron chi connectivity index (χ4n) is 1.34. The smallest absolute Gasteiger partial charge is 0.239 e. The Morgan fingerprint density at radius 3 is 3.19 bits per heavy atom. The van der Waals surface area contributed by atoms with Crippen molar-refractivity contribution in [1.29, 1.82) is 0 Å². The average molecular weight is 240 g/mol. The van der Waals surface area contributed by atoms with Crippen LogP contribution < -0.4 is 5.32 Å². The number of nitrogens with one attached hydrogen (secondary N) is 2. The van der Waals surface area contributed by atoms with E-state index in [0.717, 1.165) is 5.69 Å². The summed E-state index contributed by atoms with van der Waals surface area (Å²) in [5.41, 5.74) is 0.843. The molecule has 1 fully saturated rings. The first-order valence-corrected chi connectivity index (χ1v) is 6.00. The largest absolute Gasteiger partial charge is 0.349 e. The van der Waals surface area contributed by atoms with Gasteiger partial charge in [-0.3, -0.25) is 9.59 Å². The van der Waals surface area contributed by atoms with Crippen LogP contribution in [0.15, 0.2) is 12.5 Å². The predicted octanol–water partition coefficient (Wildman–Crippen LogP) is -0.441. The van der Waals surface area contributed by atoms with E-state index in [-0.39, 0.29) is 18.4 Å². The lowest BCUT2D eigenvalue weighted by atomic mass is 10.4. The Labute approximate surface area is 96.8 Å². The Balaban J connectivity index is 1.74. The summed E-state index contributed by atoms with van der Waals surface area (Å²) in [6.07, 6.45) is 3.21. The van der Waals surface area contributed by atoms with Gasteiger partial charge in [-0.25, -0.2) is 4.98 Å². The van der Waals surface area contributed by atoms with Gasteiger partial charge < -0.3 is 15.2 Å². The van der Waals surface area contributed by atoms with E-state index in [4.69, 9.17) is 0 Å². The summed E-state index contributed by atoms with van der Waals surface area (Å²) in [6, 6.07) is 0. The summed E-state index contributed by atoms with van der Waals surface area (Å²) in [4.78, 5) is 31.0. The zero-order chi connectivity index (χ0) is 11.4. The van der Waals surface area contributed by atoms with Gasteiger partial charge >= 0.3 is 0 Å². The molecule has 1 saturated heterocycles. The van der Waals surface area contributed by atoms with E-state index < -0.39 is 0 Å². The molecule has 1 aromatic rings. The number of carbonyl (C=O) groups is 2. The molecule has 16 heavy (non-hydrogen) atoms. The van der Waals surface area contributed by atoms with Crippen LogP contribution in [0.5, 0.6) is 0 Å². The highest BCUT2D eigenvalue weighted by atomic mass is 32.2. The van der Waals surface area contributed by atoms with E-state index in [1.807, 2.05) is 0 Å². The molecule has 1 aliphatic heterocycles. The van der Waals surface area contributed by atoms with Gasteiger partial charge in [0, 0.05) is 6.20 Å². The highest BCUT2D eigenvalue weighted by Gasteiger charge is 2.22. The maximum absolute atomic E-state index is 11.5. The summed E-state index contributed by atoms with van der Waals surface area (Å²) in [6.45, 7) is 0.550. The lowest BCUT2D eigenvalue weighted by molar-refractivity contribution is -0.132. The maximum atomic E-state index is 11.5. The summed E-state index contributed by atoms with van der Waals surface area (Å²) >= 11 is 1.53. The van der Waals surface area contributed by atoms with Crippen molar-refractivity contribution in [3.63, 3.8) is 0 Å². The number of aromatic amines is 1. The van der Waals surface area contributed by atoms with Gasteiger partial charge in [-0.1, -0.05) is 0 Å². The fraction of sp³-hybridized carbons (Fsp3) is 0.444. The molecule has 0 spiro atoms. The molecule has 7 heteroatoms. The van der Waals surface area contributed by atoms with Gasteiger partial charge in [0.1, 0.15) is 6.54 Å². The van der Waals surface area contributed by atoms with Gasteiger partial charge in [-0.2, -0.15) is 0 Å². The summed E-state index contributed by atoms with van der Waals surface area (Å²) in [5.74, 6) is 0.969. The summed E-state index contributed by atoms with van der Waals surface area (Å²) < 4.78 is 0. The zero-order valence-electron chi connectivity index (χ0n) is 8.60. The van der Waals surface area contributed by atoms with Gasteiger partial charge in [0.2, 0.25) is 11.8 Å². The second-order valence-electron chi connectivity index (χ2n) is 3.42. The summed E-state index contributed by atoms with van der Waals surface area (Å²) in [5, 5.41) is 2.72. The standard InChI is InChI=1S/C9H12N4O2S/c14-8(3-13-6-16-4-9(13)15)11-2-7-1-10-5-12-7/h1,5H,2-4,6H2,(H,10,12)(H,11,14). The second-order valence-corrected chi connectivity index (χ2v) is 4.38. The molecule has 2 N–H and O–H groups in total. The maximum Gasteiger partial charge on any atom is 0.239 e. The van der Waals surface area contributed by atoms with Gasteiger partial charge in [0.25, 0.3) is 0 Å². The van der Waals surface area contributed by atoms with Crippen LogP contribution in [-0.4, -0.2) is 44.9 Å². The first-order chi connectivity index (χ1) is 7.75. The second kappa shape index (κ2) is 5.02. The van der Waals surface area contributed by atoms with Gasteiger partial charge in [0.15, 0.2) is 0 Å². The van der Waals surface area contributed by atoms with Crippen molar-refractivity contribution in [2.24, 2.45) is 0 Å². The van der Waals surface area contributed by atoms with Gasteiger partial charge in [-0.15, -0.1) is 11.8 Å². The number of hydrogen-bond donors (Lipinski definition) is 2. The quantitative estimate of drug-likeness (QED) is 0.748. The molecule has 2 amide bonds. The van der Waals surface area contributed by atoms with Gasteiger partial charge in [-0.05, 0) is 0 Å². The minimum atomic E-state index is -0.148. The molecule has 0 unspecified atom stereocenters. The molecule has 0 atom stereocenters. The van der Waals surface area contributed by atoms with Crippen molar-refractivity contribution < 1.29 is 9.59 Å². The van der Waals surface area contributed by atoms with Crippen LogP contribution in [-0.2, 0) is 16.1 Å². The van der Waals surface area contributed by atoms with Crippen molar-refractivity contribution in [1.82, 2.24) is 20.2 Å². The van der Waals surface area contributed by atoms with Crippen LogP contribution in [0.1, 0.15) is 5.69 Å². The van der Waals surface area contributed by atoms with E-state index in [2.05, 4.69) is 15.3 Å². The minimum absolute atomic E-state index is 0.0293. The lowest BCUT2D eigenvalue weighted by Gasteiger charge is -2.13. The molecule has 0 aromatic carbocycles. The van der Waals surface area contributed by atoms with Crippen LogP contribution >= 0.6 is 11.8 Å². The molecule has 0 aliphatic carbocycles. The van der Waals surface area contributed by atoms with Crippen molar-refractivity contribution in [2.75, 3.05) is 18.2 Å². The Kier molecular flexibility index (Phi) is 3.45. The monoisotopic (exact) mass is 240 g/mol. The van der Waals surface area contributed by atoms with E-state index in [1.165, 1.54) is 11.8 Å². The molecular formula is C9H12N4O2S. The third-order valence-electron chi connectivity index (χ3n) is 2.19. The number of rotatable bonds is 4. The third-order valence-corrected chi connectivity index (χ3v) is 3.14. The minimum Gasteiger partial charge on any atom is -0.349 e. The Hall–Kier alpha value is -1.50. The molecule has 86 valence electrons. The number of H-pyrrole nitrogens is 1. The normalized spacial score (nSPS) is 15.5. The van der Waals surface area contributed by atoms with E-state index in [1.54, 1.807) is 17.4 Å². The Morgan fingerprint density at radius 1 is 1.69 bits per heavy atom.